The molecular formula is C44H81NO8P+. The summed E-state index contributed by atoms with van der Waals surface area (Å²) in [7, 11) is 1.45. The number of phosphoric ester groups is 1. The van der Waals surface area contributed by atoms with Crippen molar-refractivity contribution in [1.29, 1.82) is 0 Å². The van der Waals surface area contributed by atoms with Crippen LogP contribution in [-0.4, -0.2) is 74.9 Å². The molecule has 0 radical (unpaired) electrons. The van der Waals surface area contributed by atoms with Crippen LogP contribution in [0.1, 0.15) is 168 Å². The number of quaternary nitrogens is 1. The molecular weight excluding hydrogens is 701 g/mol. The number of allylic oxidation sites excluding steroid dienone is 8. The highest BCUT2D eigenvalue weighted by atomic mass is 31.2. The fourth-order valence-electron chi connectivity index (χ4n) is 5.61. The van der Waals surface area contributed by atoms with Gasteiger partial charge < -0.3 is 18.9 Å². The van der Waals surface area contributed by atoms with Gasteiger partial charge in [-0.3, -0.25) is 18.6 Å². The lowest BCUT2D eigenvalue weighted by atomic mass is 10.0. The second-order valence-corrected chi connectivity index (χ2v) is 16.9. The Hall–Kier alpha value is -2.03. The summed E-state index contributed by atoms with van der Waals surface area (Å²) in [5.41, 5.74) is 0. The average molecular weight is 783 g/mol. The lowest BCUT2D eigenvalue weighted by molar-refractivity contribution is -0.870. The highest BCUT2D eigenvalue weighted by molar-refractivity contribution is 7.47. The van der Waals surface area contributed by atoms with Crippen molar-refractivity contribution in [3.05, 3.63) is 48.6 Å². The quantitative estimate of drug-likeness (QED) is 0.0217. The molecule has 0 saturated heterocycles. The minimum Gasteiger partial charge on any atom is -0.462 e. The molecule has 0 aliphatic carbocycles. The molecule has 0 saturated carbocycles. The van der Waals surface area contributed by atoms with Crippen molar-refractivity contribution in [3.8, 4) is 0 Å². The summed E-state index contributed by atoms with van der Waals surface area (Å²) in [6.45, 7) is 4.23. The molecule has 9 nitrogen and oxygen atoms in total. The van der Waals surface area contributed by atoms with Crippen molar-refractivity contribution in [3.63, 3.8) is 0 Å². The third-order valence-corrected chi connectivity index (χ3v) is 9.95. The van der Waals surface area contributed by atoms with Crippen LogP contribution in [0.4, 0.5) is 0 Å². The van der Waals surface area contributed by atoms with E-state index in [4.69, 9.17) is 18.5 Å². The topological polar surface area (TPSA) is 108 Å². The Labute approximate surface area is 331 Å². The van der Waals surface area contributed by atoms with Crippen LogP contribution in [0, 0.1) is 0 Å². The lowest BCUT2D eigenvalue weighted by Crippen LogP contribution is -2.37. The molecule has 0 aliphatic rings. The maximum absolute atomic E-state index is 12.6. The number of rotatable bonds is 38. The Kier molecular flexibility index (Phi) is 35.2. The first-order chi connectivity index (χ1) is 26.0. The van der Waals surface area contributed by atoms with Gasteiger partial charge in [0.2, 0.25) is 0 Å². The molecule has 0 rings (SSSR count). The Balaban J connectivity index is 4.39. The summed E-state index contributed by atoms with van der Waals surface area (Å²) in [5, 5.41) is 0. The third kappa shape index (κ3) is 39.7. The minimum atomic E-state index is -4.38. The zero-order valence-electron chi connectivity index (χ0n) is 35.2. The van der Waals surface area contributed by atoms with Crippen LogP contribution < -0.4 is 0 Å². The molecule has 0 heterocycles. The van der Waals surface area contributed by atoms with Gasteiger partial charge in [-0.15, -0.1) is 0 Å². The van der Waals surface area contributed by atoms with E-state index >= 15 is 0 Å². The second kappa shape index (κ2) is 36.6. The number of likely N-dealkylation sites (N-methyl/N-ethyl adjacent to an activating group) is 1. The first-order valence-corrected chi connectivity index (χ1v) is 22.9. The van der Waals surface area contributed by atoms with Crippen LogP contribution in [0.5, 0.6) is 0 Å². The number of esters is 2. The van der Waals surface area contributed by atoms with Crippen LogP contribution in [0.3, 0.4) is 0 Å². The van der Waals surface area contributed by atoms with Crippen molar-refractivity contribution in [2.45, 2.75) is 174 Å². The summed E-state index contributed by atoms with van der Waals surface area (Å²) < 4.78 is 34.2. The molecule has 0 aromatic carbocycles. The van der Waals surface area contributed by atoms with Crippen molar-refractivity contribution in [1.82, 2.24) is 0 Å². The maximum Gasteiger partial charge on any atom is 0.472 e. The van der Waals surface area contributed by atoms with E-state index < -0.39 is 26.5 Å². The number of phosphoric acid groups is 1. The monoisotopic (exact) mass is 783 g/mol. The summed E-state index contributed by atoms with van der Waals surface area (Å²) in [5.74, 6) is -0.843. The van der Waals surface area contributed by atoms with Crippen LogP contribution >= 0.6 is 7.82 Å². The van der Waals surface area contributed by atoms with Crippen LogP contribution in [0.15, 0.2) is 48.6 Å². The van der Waals surface area contributed by atoms with Gasteiger partial charge in [0.05, 0.1) is 27.7 Å². The van der Waals surface area contributed by atoms with E-state index in [1.165, 1.54) is 89.9 Å². The van der Waals surface area contributed by atoms with E-state index in [-0.39, 0.29) is 32.0 Å². The van der Waals surface area contributed by atoms with Gasteiger partial charge in [0.25, 0.3) is 0 Å². The Bertz CT molecular complexity index is 1070. The standard InChI is InChI=1S/C44H80NO8P/c1-6-8-10-12-14-16-18-20-21-22-23-25-26-28-30-32-34-36-43(46)50-40-42(41-52-54(48,49)51-39-38-45(3,4)5)53-44(47)37-35-33-31-29-27-24-19-17-15-13-11-9-7-2/h9,11,13,15,17,19,24,27,42H,6-8,10,12,14,16,18,20-23,25-26,28-41H2,1-5H3/p+1/b11-9+,15-13+,19-17+,27-24+. The summed E-state index contributed by atoms with van der Waals surface area (Å²) in [4.78, 5) is 35.3. The highest BCUT2D eigenvalue weighted by Crippen LogP contribution is 2.43. The summed E-state index contributed by atoms with van der Waals surface area (Å²) in [6, 6.07) is 0. The Morgan fingerprint density at radius 3 is 1.57 bits per heavy atom. The molecule has 2 unspecified atom stereocenters. The minimum absolute atomic E-state index is 0.0231. The largest absolute Gasteiger partial charge is 0.472 e. The van der Waals surface area contributed by atoms with Gasteiger partial charge in [0, 0.05) is 12.8 Å². The maximum atomic E-state index is 12.6. The molecule has 54 heavy (non-hydrogen) atoms. The fourth-order valence-corrected chi connectivity index (χ4v) is 6.35. The smallest absolute Gasteiger partial charge is 0.462 e. The summed E-state index contributed by atoms with van der Waals surface area (Å²) >= 11 is 0. The molecule has 0 fully saturated rings. The number of nitrogens with zero attached hydrogens (tertiary/aromatic N) is 1. The number of unbranched alkanes of at least 4 members (excludes halogenated alkanes) is 19. The molecule has 10 heteroatoms. The number of carbonyl (C=O) groups is 2. The van der Waals surface area contributed by atoms with Crippen molar-refractivity contribution < 1.29 is 42.1 Å². The van der Waals surface area contributed by atoms with Gasteiger partial charge in [-0.05, 0) is 32.1 Å². The number of hydrogen-bond donors (Lipinski definition) is 1. The van der Waals surface area contributed by atoms with Gasteiger partial charge >= 0.3 is 19.8 Å². The molecule has 0 amide bonds. The van der Waals surface area contributed by atoms with Gasteiger partial charge in [-0.2, -0.15) is 0 Å². The average Bonchev–Trinajstić information content (AvgIpc) is 3.12. The zero-order valence-corrected chi connectivity index (χ0v) is 36.1. The molecule has 314 valence electrons. The van der Waals surface area contributed by atoms with Crippen LogP contribution in [0.2, 0.25) is 0 Å². The van der Waals surface area contributed by atoms with E-state index in [0.29, 0.717) is 17.4 Å². The number of carbonyl (C=O) groups excluding carboxylic acids is 2. The van der Waals surface area contributed by atoms with Gasteiger partial charge in [-0.25, -0.2) is 4.57 Å². The number of ether oxygens (including phenoxy) is 2. The Morgan fingerprint density at radius 2 is 1.06 bits per heavy atom. The van der Waals surface area contributed by atoms with E-state index in [1.807, 2.05) is 57.6 Å². The molecule has 0 aromatic rings. The number of hydrogen-bond acceptors (Lipinski definition) is 7. The molecule has 0 bridgehead atoms. The SMILES string of the molecule is CC/C=C/C=C/C=C/C=C/CCCCCC(=O)OC(COC(=O)CCCCCCCCCCCCCCCCCCC)COP(=O)(O)OCC[N+](C)(C)C. The van der Waals surface area contributed by atoms with Gasteiger partial charge in [0.15, 0.2) is 6.10 Å². The van der Waals surface area contributed by atoms with Crippen molar-refractivity contribution in [2.75, 3.05) is 47.5 Å². The first-order valence-electron chi connectivity index (χ1n) is 21.4. The highest BCUT2D eigenvalue weighted by Gasteiger charge is 2.27. The van der Waals surface area contributed by atoms with Crippen LogP contribution in [0.25, 0.3) is 0 Å². The Morgan fingerprint density at radius 1 is 0.593 bits per heavy atom. The van der Waals surface area contributed by atoms with E-state index in [1.54, 1.807) is 0 Å². The molecule has 2 atom stereocenters. The first kappa shape index (κ1) is 52.0. The predicted molar refractivity (Wildman–Crippen MR) is 224 cm³/mol. The molecule has 0 aliphatic heterocycles. The van der Waals surface area contributed by atoms with Crippen molar-refractivity contribution in [2.24, 2.45) is 0 Å². The second-order valence-electron chi connectivity index (χ2n) is 15.4. The van der Waals surface area contributed by atoms with Gasteiger partial charge in [-0.1, -0.05) is 172 Å². The van der Waals surface area contributed by atoms with E-state index in [9.17, 15) is 19.0 Å². The predicted octanol–water partition coefficient (Wildman–Crippen LogP) is 11.9. The summed E-state index contributed by atoms with van der Waals surface area (Å²) in [6.07, 6.45) is 41.6. The zero-order chi connectivity index (χ0) is 40.0. The van der Waals surface area contributed by atoms with Crippen LogP contribution in [-0.2, 0) is 32.7 Å². The third-order valence-electron chi connectivity index (χ3n) is 8.97. The normalized spacial score (nSPS) is 14.1. The van der Waals surface area contributed by atoms with E-state index in [2.05, 4.69) is 26.0 Å². The van der Waals surface area contributed by atoms with Gasteiger partial charge in [0.1, 0.15) is 19.8 Å². The van der Waals surface area contributed by atoms with Crippen molar-refractivity contribution >= 4 is 19.8 Å². The molecule has 0 spiro atoms. The fraction of sp³-hybridized carbons (Fsp3) is 0.773. The van der Waals surface area contributed by atoms with E-state index in [0.717, 1.165) is 44.9 Å². The molecule has 1 N–H and O–H groups in total. The lowest BCUT2D eigenvalue weighted by Gasteiger charge is -2.24. The molecule has 0 aromatic heterocycles.